The van der Waals surface area contributed by atoms with Gasteiger partial charge in [0.1, 0.15) is 0 Å². The van der Waals surface area contributed by atoms with E-state index in [-0.39, 0.29) is 4.90 Å². The molecule has 3 aromatic rings. The van der Waals surface area contributed by atoms with Crippen molar-refractivity contribution in [3.05, 3.63) is 71.9 Å². The van der Waals surface area contributed by atoms with E-state index in [4.69, 9.17) is 5.26 Å². The average molecular weight is 363 g/mol. The minimum absolute atomic E-state index is 0.167. The number of benzene rings is 2. The van der Waals surface area contributed by atoms with Crippen molar-refractivity contribution in [3.8, 4) is 6.07 Å². The van der Waals surface area contributed by atoms with E-state index < -0.39 is 10.0 Å². The minimum atomic E-state index is -3.60. The molecule has 0 saturated heterocycles. The number of nitrogens with one attached hydrogen (secondary N) is 1. The molecule has 6 heteroatoms. The van der Waals surface area contributed by atoms with E-state index >= 15 is 0 Å². The molecule has 2 heterocycles. The van der Waals surface area contributed by atoms with Crippen LogP contribution in [0.15, 0.2) is 65.7 Å². The van der Waals surface area contributed by atoms with Gasteiger partial charge in [-0.05, 0) is 36.3 Å². The number of sulfonamides is 1. The molecule has 1 N–H and O–H groups in total. The van der Waals surface area contributed by atoms with Gasteiger partial charge >= 0.3 is 0 Å². The SMILES string of the molecule is N#Cc1cccc(S(=O)(=O)N2CC=C(c3c[nH]c4ccccc34)CC2)c1. The molecule has 0 unspecified atom stereocenters. The Kier molecular flexibility index (Phi) is 4.11. The van der Waals surface area contributed by atoms with E-state index in [9.17, 15) is 8.42 Å². The third kappa shape index (κ3) is 2.81. The van der Waals surface area contributed by atoms with E-state index in [0.717, 1.165) is 22.0 Å². The second-order valence-corrected chi connectivity index (χ2v) is 8.17. The van der Waals surface area contributed by atoms with Gasteiger partial charge in [0.25, 0.3) is 0 Å². The van der Waals surface area contributed by atoms with E-state index in [2.05, 4.69) is 11.1 Å². The van der Waals surface area contributed by atoms with Crippen LogP contribution in [0.1, 0.15) is 17.5 Å². The Balaban J connectivity index is 1.62. The van der Waals surface area contributed by atoms with E-state index in [1.165, 1.54) is 16.4 Å². The lowest BCUT2D eigenvalue weighted by atomic mass is 10.00. The van der Waals surface area contributed by atoms with Gasteiger partial charge in [-0.2, -0.15) is 9.57 Å². The summed E-state index contributed by atoms with van der Waals surface area (Å²) >= 11 is 0. The summed E-state index contributed by atoms with van der Waals surface area (Å²) in [6, 6.07) is 16.2. The molecule has 5 nitrogen and oxygen atoms in total. The summed E-state index contributed by atoms with van der Waals surface area (Å²) in [7, 11) is -3.60. The first-order chi connectivity index (χ1) is 12.6. The molecule has 0 radical (unpaired) electrons. The fourth-order valence-corrected chi connectivity index (χ4v) is 4.75. The maximum absolute atomic E-state index is 12.8. The Bertz CT molecular complexity index is 1150. The quantitative estimate of drug-likeness (QED) is 0.773. The van der Waals surface area contributed by atoms with Gasteiger partial charge in [0.15, 0.2) is 0 Å². The number of aromatic nitrogens is 1. The number of hydrogen-bond acceptors (Lipinski definition) is 3. The maximum Gasteiger partial charge on any atom is 0.243 e. The number of nitriles is 1. The van der Waals surface area contributed by atoms with Gasteiger partial charge in [-0.15, -0.1) is 0 Å². The van der Waals surface area contributed by atoms with Crippen molar-refractivity contribution in [2.75, 3.05) is 13.1 Å². The van der Waals surface area contributed by atoms with Crippen LogP contribution in [-0.4, -0.2) is 30.8 Å². The largest absolute Gasteiger partial charge is 0.361 e. The summed E-state index contributed by atoms with van der Waals surface area (Å²) < 4.78 is 27.1. The van der Waals surface area contributed by atoms with Crippen LogP contribution in [0.25, 0.3) is 16.5 Å². The molecule has 1 aliphatic rings. The normalized spacial score (nSPS) is 15.6. The van der Waals surface area contributed by atoms with Crippen molar-refractivity contribution in [2.24, 2.45) is 0 Å². The molecule has 4 rings (SSSR count). The topological polar surface area (TPSA) is 77.0 Å². The van der Waals surface area contributed by atoms with Gasteiger partial charge in [0.05, 0.1) is 16.5 Å². The Labute approximate surface area is 152 Å². The third-order valence-corrected chi connectivity index (χ3v) is 6.57. The van der Waals surface area contributed by atoms with Gasteiger partial charge < -0.3 is 4.98 Å². The van der Waals surface area contributed by atoms with E-state index in [1.807, 2.05) is 36.5 Å². The molecule has 130 valence electrons. The molecule has 0 amide bonds. The number of nitrogens with zero attached hydrogens (tertiary/aromatic N) is 2. The predicted molar refractivity (Wildman–Crippen MR) is 101 cm³/mol. The highest BCUT2D eigenvalue weighted by molar-refractivity contribution is 7.89. The first-order valence-corrected chi connectivity index (χ1v) is 9.79. The molecule has 26 heavy (non-hydrogen) atoms. The monoisotopic (exact) mass is 363 g/mol. The van der Waals surface area contributed by atoms with Gasteiger partial charge in [0, 0.05) is 35.8 Å². The molecule has 2 aromatic carbocycles. The lowest BCUT2D eigenvalue weighted by Gasteiger charge is -2.26. The minimum Gasteiger partial charge on any atom is -0.361 e. The Morgan fingerprint density at radius 2 is 1.96 bits per heavy atom. The molecule has 1 aromatic heterocycles. The molecule has 0 saturated carbocycles. The first kappa shape index (κ1) is 16.6. The average Bonchev–Trinajstić information content (AvgIpc) is 3.12. The van der Waals surface area contributed by atoms with Crippen LogP contribution in [0.4, 0.5) is 0 Å². The summed E-state index contributed by atoms with van der Waals surface area (Å²) in [4.78, 5) is 3.43. The number of H-pyrrole nitrogens is 1. The Morgan fingerprint density at radius 3 is 2.73 bits per heavy atom. The second kappa shape index (κ2) is 6.45. The fraction of sp³-hybridized carbons (Fsp3) is 0.150. The van der Waals surface area contributed by atoms with Crippen molar-refractivity contribution in [1.82, 2.24) is 9.29 Å². The van der Waals surface area contributed by atoms with Crippen LogP contribution in [0.2, 0.25) is 0 Å². The smallest absolute Gasteiger partial charge is 0.243 e. The predicted octanol–water partition coefficient (Wildman–Crippen LogP) is 3.52. The number of hydrogen-bond donors (Lipinski definition) is 1. The van der Waals surface area contributed by atoms with Crippen molar-refractivity contribution in [3.63, 3.8) is 0 Å². The van der Waals surface area contributed by atoms with Crippen LogP contribution >= 0.6 is 0 Å². The van der Waals surface area contributed by atoms with E-state index in [0.29, 0.717) is 25.1 Å². The molecular formula is C20H17N3O2S. The molecular weight excluding hydrogens is 346 g/mol. The van der Waals surface area contributed by atoms with Crippen molar-refractivity contribution in [2.45, 2.75) is 11.3 Å². The molecule has 0 atom stereocenters. The summed E-state index contributed by atoms with van der Waals surface area (Å²) in [6.07, 6.45) is 4.61. The molecule has 0 spiro atoms. The highest BCUT2D eigenvalue weighted by Crippen LogP contribution is 2.30. The molecule has 1 aliphatic heterocycles. The van der Waals surface area contributed by atoms with Crippen LogP contribution in [0, 0.1) is 11.3 Å². The van der Waals surface area contributed by atoms with Crippen molar-refractivity contribution < 1.29 is 8.42 Å². The maximum atomic E-state index is 12.8. The number of para-hydroxylation sites is 1. The van der Waals surface area contributed by atoms with Crippen molar-refractivity contribution >= 4 is 26.5 Å². The number of rotatable bonds is 3. The summed E-state index contributed by atoms with van der Waals surface area (Å²) in [5.41, 5.74) is 3.70. The Hall–Kier alpha value is -2.88. The zero-order chi connectivity index (χ0) is 18.1. The Morgan fingerprint density at radius 1 is 1.12 bits per heavy atom. The van der Waals surface area contributed by atoms with Crippen LogP contribution in [-0.2, 0) is 10.0 Å². The van der Waals surface area contributed by atoms with Crippen LogP contribution in [0.3, 0.4) is 0 Å². The fourth-order valence-electron chi connectivity index (χ4n) is 3.33. The highest BCUT2D eigenvalue weighted by atomic mass is 32.2. The van der Waals surface area contributed by atoms with E-state index in [1.54, 1.807) is 12.1 Å². The zero-order valence-corrected chi connectivity index (χ0v) is 14.8. The standard InChI is InChI=1S/C20H17N3O2S/c21-13-15-4-3-5-17(12-15)26(24,25)23-10-8-16(9-11-23)19-14-22-20-7-2-1-6-18(19)20/h1-8,12,14,22H,9-11H2. The third-order valence-electron chi connectivity index (χ3n) is 4.71. The van der Waals surface area contributed by atoms with Gasteiger partial charge in [-0.25, -0.2) is 8.42 Å². The summed E-state index contributed by atoms with van der Waals surface area (Å²) in [5.74, 6) is 0. The lowest BCUT2D eigenvalue weighted by molar-refractivity contribution is 0.441. The molecule has 0 bridgehead atoms. The summed E-state index contributed by atoms with van der Waals surface area (Å²) in [6.45, 7) is 0.748. The highest BCUT2D eigenvalue weighted by Gasteiger charge is 2.27. The van der Waals surface area contributed by atoms with Gasteiger partial charge in [0.2, 0.25) is 10.0 Å². The molecule has 0 aliphatic carbocycles. The first-order valence-electron chi connectivity index (χ1n) is 8.35. The summed E-state index contributed by atoms with van der Waals surface area (Å²) in [5, 5.41) is 10.1. The van der Waals surface area contributed by atoms with Crippen molar-refractivity contribution in [1.29, 1.82) is 5.26 Å². The number of aromatic amines is 1. The van der Waals surface area contributed by atoms with Gasteiger partial charge in [-0.3, -0.25) is 0 Å². The molecule has 0 fully saturated rings. The number of fused-ring (bicyclic) bond motifs is 1. The zero-order valence-electron chi connectivity index (χ0n) is 14.0. The lowest BCUT2D eigenvalue weighted by Crippen LogP contribution is -2.34. The van der Waals surface area contributed by atoms with Gasteiger partial charge in [-0.1, -0.05) is 30.3 Å². The van der Waals surface area contributed by atoms with Crippen LogP contribution in [0.5, 0.6) is 0 Å². The second-order valence-electron chi connectivity index (χ2n) is 6.23. The van der Waals surface area contributed by atoms with Crippen LogP contribution < -0.4 is 0 Å².